The van der Waals surface area contributed by atoms with Crippen LogP contribution in [0, 0.1) is 11.8 Å². The van der Waals surface area contributed by atoms with Crippen molar-refractivity contribution in [3.8, 4) is 5.75 Å². The van der Waals surface area contributed by atoms with E-state index in [0.717, 1.165) is 6.42 Å². The Balaban J connectivity index is 2.67. The van der Waals surface area contributed by atoms with E-state index in [1.54, 1.807) is 18.2 Å². The number of aliphatic hydroxyl groups is 1. The molecule has 0 aliphatic carbocycles. The number of carbonyl (C=O) groups is 1. The first-order valence-corrected chi connectivity index (χ1v) is 7.58. The highest BCUT2D eigenvalue weighted by atomic mass is 35.5. The van der Waals surface area contributed by atoms with Crippen LogP contribution in [0.1, 0.15) is 37.0 Å². The molecule has 1 aromatic rings. The van der Waals surface area contributed by atoms with E-state index in [2.05, 4.69) is 19.2 Å². The van der Waals surface area contributed by atoms with E-state index in [9.17, 15) is 4.79 Å². The van der Waals surface area contributed by atoms with E-state index in [4.69, 9.17) is 21.4 Å². The van der Waals surface area contributed by atoms with Gasteiger partial charge in [-0.25, -0.2) is 0 Å². The van der Waals surface area contributed by atoms with Gasteiger partial charge in [0.25, 0.3) is 5.91 Å². The van der Waals surface area contributed by atoms with Crippen molar-refractivity contribution >= 4 is 17.5 Å². The normalized spacial score (nSPS) is 12.3. The average Bonchev–Trinajstić information content (AvgIpc) is 2.43. The molecule has 1 rings (SSSR count). The van der Waals surface area contributed by atoms with Gasteiger partial charge in [0.2, 0.25) is 0 Å². The maximum atomic E-state index is 12.2. The third-order valence-electron chi connectivity index (χ3n) is 3.30. The van der Waals surface area contributed by atoms with Gasteiger partial charge in [-0.2, -0.15) is 0 Å². The zero-order valence-electron chi connectivity index (χ0n) is 12.9. The molecule has 5 heteroatoms. The van der Waals surface area contributed by atoms with Gasteiger partial charge in [0, 0.05) is 18.2 Å². The molecule has 0 radical (unpaired) electrons. The summed E-state index contributed by atoms with van der Waals surface area (Å²) < 4.78 is 5.18. The standard InChI is InChI=1S/C16H24ClNO3/c1-11(2)8-12(6-7-19)10-18-16(20)14-5-4-13(17)9-15(14)21-3/h4-5,9,11-12,19H,6-8,10H2,1-3H3,(H,18,20). The van der Waals surface area contributed by atoms with Crippen LogP contribution < -0.4 is 10.1 Å². The van der Waals surface area contributed by atoms with Crippen molar-refractivity contribution in [2.45, 2.75) is 26.7 Å². The zero-order valence-corrected chi connectivity index (χ0v) is 13.6. The summed E-state index contributed by atoms with van der Waals surface area (Å²) in [5.41, 5.74) is 0.467. The Morgan fingerprint density at radius 1 is 1.43 bits per heavy atom. The van der Waals surface area contributed by atoms with Crippen molar-refractivity contribution in [2.24, 2.45) is 11.8 Å². The van der Waals surface area contributed by atoms with Gasteiger partial charge in [-0.05, 0) is 42.9 Å². The molecule has 1 amide bonds. The molecule has 0 fully saturated rings. The molecular weight excluding hydrogens is 290 g/mol. The first-order chi connectivity index (χ1) is 9.97. The number of methoxy groups -OCH3 is 1. The lowest BCUT2D eigenvalue weighted by Gasteiger charge is -2.19. The molecule has 0 saturated carbocycles. The molecule has 21 heavy (non-hydrogen) atoms. The van der Waals surface area contributed by atoms with Crippen LogP contribution in [0.3, 0.4) is 0 Å². The van der Waals surface area contributed by atoms with E-state index < -0.39 is 0 Å². The maximum absolute atomic E-state index is 12.2. The third kappa shape index (κ3) is 5.94. The summed E-state index contributed by atoms with van der Waals surface area (Å²) >= 11 is 5.89. The molecule has 2 N–H and O–H groups in total. The Morgan fingerprint density at radius 3 is 2.71 bits per heavy atom. The van der Waals surface area contributed by atoms with Crippen molar-refractivity contribution < 1.29 is 14.6 Å². The number of hydrogen-bond acceptors (Lipinski definition) is 3. The van der Waals surface area contributed by atoms with Gasteiger partial charge in [0.05, 0.1) is 12.7 Å². The Hall–Kier alpha value is -1.26. The second-order valence-corrected chi connectivity index (χ2v) is 6.00. The minimum Gasteiger partial charge on any atom is -0.496 e. The predicted octanol–water partition coefficient (Wildman–Crippen LogP) is 3.12. The highest BCUT2D eigenvalue weighted by Gasteiger charge is 2.16. The fourth-order valence-corrected chi connectivity index (χ4v) is 2.50. The molecule has 0 bridgehead atoms. The summed E-state index contributed by atoms with van der Waals surface area (Å²) in [7, 11) is 1.51. The lowest BCUT2D eigenvalue weighted by molar-refractivity contribution is 0.0938. The van der Waals surface area contributed by atoms with Crippen molar-refractivity contribution in [1.29, 1.82) is 0 Å². The molecule has 0 aromatic heterocycles. The monoisotopic (exact) mass is 313 g/mol. The molecule has 4 nitrogen and oxygen atoms in total. The summed E-state index contributed by atoms with van der Waals surface area (Å²) in [6.07, 6.45) is 1.66. The van der Waals surface area contributed by atoms with Crippen LogP contribution in [0.15, 0.2) is 18.2 Å². The molecule has 1 unspecified atom stereocenters. The van der Waals surface area contributed by atoms with E-state index >= 15 is 0 Å². The van der Waals surface area contributed by atoms with Gasteiger partial charge in [0.15, 0.2) is 0 Å². The number of ether oxygens (including phenoxy) is 1. The molecule has 1 aromatic carbocycles. The summed E-state index contributed by atoms with van der Waals surface area (Å²) in [4.78, 5) is 12.2. The van der Waals surface area contributed by atoms with E-state index in [0.29, 0.717) is 35.2 Å². The first-order valence-electron chi connectivity index (χ1n) is 7.20. The SMILES string of the molecule is COc1cc(Cl)ccc1C(=O)NCC(CCO)CC(C)C. The Morgan fingerprint density at radius 2 is 2.14 bits per heavy atom. The number of carbonyl (C=O) groups excluding carboxylic acids is 1. The Labute approximate surface area is 131 Å². The number of benzene rings is 1. The molecule has 0 saturated heterocycles. The Bertz CT molecular complexity index is 463. The fourth-order valence-electron chi connectivity index (χ4n) is 2.34. The van der Waals surface area contributed by atoms with Crippen molar-refractivity contribution in [3.05, 3.63) is 28.8 Å². The second-order valence-electron chi connectivity index (χ2n) is 5.56. The second kappa shape index (κ2) is 8.90. The van der Waals surface area contributed by atoms with Gasteiger partial charge in [0.1, 0.15) is 5.75 Å². The van der Waals surface area contributed by atoms with Crippen molar-refractivity contribution in [1.82, 2.24) is 5.32 Å². The summed E-state index contributed by atoms with van der Waals surface area (Å²) in [6.45, 7) is 4.95. The lowest BCUT2D eigenvalue weighted by Crippen LogP contribution is -2.30. The van der Waals surface area contributed by atoms with E-state index in [1.165, 1.54) is 7.11 Å². The minimum absolute atomic E-state index is 0.136. The van der Waals surface area contributed by atoms with Gasteiger partial charge in [-0.3, -0.25) is 4.79 Å². The largest absolute Gasteiger partial charge is 0.496 e. The molecule has 1 atom stereocenters. The van der Waals surface area contributed by atoms with Crippen LogP contribution in [0.25, 0.3) is 0 Å². The fraction of sp³-hybridized carbons (Fsp3) is 0.562. The van der Waals surface area contributed by atoms with Gasteiger partial charge in [-0.1, -0.05) is 25.4 Å². The number of nitrogens with one attached hydrogen (secondary N) is 1. The predicted molar refractivity (Wildman–Crippen MR) is 85.0 cm³/mol. The van der Waals surface area contributed by atoms with Crippen LogP contribution in [0.5, 0.6) is 5.75 Å². The summed E-state index contributed by atoms with van der Waals surface area (Å²) in [5, 5.41) is 12.5. The van der Waals surface area contributed by atoms with Gasteiger partial charge < -0.3 is 15.2 Å². The van der Waals surface area contributed by atoms with Crippen molar-refractivity contribution in [2.75, 3.05) is 20.3 Å². The third-order valence-corrected chi connectivity index (χ3v) is 3.54. The highest BCUT2D eigenvalue weighted by molar-refractivity contribution is 6.30. The quantitative estimate of drug-likeness (QED) is 0.775. The van der Waals surface area contributed by atoms with E-state index in [-0.39, 0.29) is 18.4 Å². The van der Waals surface area contributed by atoms with Crippen LogP contribution >= 0.6 is 11.6 Å². The number of amides is 1. The summed E-state index contributed by atoms with van der Waals surface area (Å²) in [6, 6.07) is 4.94. The van der Waals surface area contributed by atoms with Crippen LogP contribution in [-0.4, -0.2) is 31.3 Å². The van der Waals surface area contributed by atoms with Crippen LogP contribution in [0.2, 0.25) is 5.02 Å². The Kier molecular flexibility index (Phi) is 7.54. The summed E-state index contributed by atoms with van der Waals surface area (Å²) in [5.74, 6) is 1.08. The maximum Gasteiger partial charge on any atom is 0.255 e. The molecular formula is C16H24ClNO3. The number of hydrogen-bond donors (Lipinski definition) is 2. The first kappa shape index (κ1) is 17.8. The number of rotatable bonds is 8. The molecule has 0 aliphatic heterocycles. The molecule has 0 heterocycles. The number of halogens is 1. The van der Waals surface area contributed by atoms with Gasteiger partial charge in [-0.15, -0.1) is 0 Å². The molecule has 0 spiro atoms. The van der Waals surface area contributed by atoms with Crippen LogP contribution in [-0.2, 0) is 0 Å². The van der Waals surface area contributed by atoms with E-state index in [1.807, 2.05) is 0 Å². The lowest BCUT2D eigenvalue weighted by atomic mass is 9.94. The van der Waals surface area contributed by atoms with Crippen LogP contribution in [0.4, 0.5) is 0 Å². The van der Waals surface area contributed by atoms with Crippen molar-refractivity contribution in [3.63, 3.8) is 0 Å². The smallest absolute Gasteiger partial charge is 0.255 e. The molecule has 118 valence electrons. The van der Waals surface area contributed by atoms with Gasteiger partial charge >= 0.3 is 0 Å². The number of aliphatic hydroxyl groups excluding tert-OH is 1. The average molecular weight is 314 g/mol. The zero-order chi connectivity index (χ0) is 15.8. The molecule has 0 aliphatic rings. The minimum atomic E-state index is -0.185. The topological polar surface area (TPSA) is 58.6 Å². The highest BCUT2D eigenvalue weighted by Crippen LogP contribution is 2.23.